The summed E-state index contributed by atoms with van der Waals surface area (Å²) in [5.41, 5.74) is 1.64. The fourth-order valence-electron chi connectivity index (χ4n) is 2.72. The van der Waals surface area contributed by atoms with Crippen molar-refractivity contribution in [3.8, 4) is 0 Å². The summed E-state index contributed by atoms with van der Waals surface area (Å²) in [4.78, 5) is 12.1. The van der Waals surface area contributed by atoms with Crippen molar-refractivity contribution in [2.75, 3.05) is 6.54 Å². The predicted molar refractivity (Wildman–Crippen MR) is 86.7 cm³/mol. The van der Waals surface area contributed by atoms with Gasteiger partial charge in [0.25, 0.3) is 0 Å². The number of aliphatic hydroxyl groups is 1. The molecular formula is C18H17ClFNO2. The van der Waals surface area contributed by atoms with Crippen molar-refractivity contribution in [2.24, 2.45) is 5.92 Å². The van der Waals surface area contributed by atoms with Gasteiger partial charge in [-0.25, -0.2) is 4.39 Å². The third kappa shape index (κ3) is 3.89. The Labute approximate surface area is 139 Å². The highest BCUT2D eigenvalue weighted by atomic mass is 35.5. The van der Waals surface area contributed by atoms with Gasteiger partial charge in [0.1, 0.15) is 5.82 Å². The Kier molecular flexibility index (Phi) is 4.64. The van der Waals surface area contributed by atoms with Crippen molar-refractivity contribution in [2.45, 2.75) is 18.4 Å². The van der Waals surface area contributed by atoms with E-state index >= 15 is 0 Å². The van der Waals surface area contributed by atoms with Crippen molar-refractivity contribution in [1.82, 2.24) is 5.32 Å². The topological polar surface area (TPSA) is 49.3 Å². The summed E-state index contributed by atoms with van der Waals surface area (Å²) in [7, 11) is 0. The van der Waals surface area contributed by atoms with Crippen molar-refractivity contribution in [3.63, 3.8) is 0 Å². The summed E-state index contributed by atoms with van der Waals surface area (Å²) in [5, 5.41) is 13.5. The number of carbonyl (C=O) groups excluding carboxylic acids is 1. The third-order valence-electron chi connectivity index (χ3n) is 4.13. The van der Waals surface area contributed by atoms with Gasteiger partial charge < -0.3 is 10.4 Å². The summed E-state index contributed by atoms with van der Waals surface area (Å²) < 4.78 is 12.9. The van der Waals surface area contributed by atoms with Crippen molar-refractivity contribution in [3.05, 3.63) is 70.5 Å². The molecule has 0 bridgehead atoms. The minimum atomic E-state index is -0.845. The van der Waals surface area contributed by atoms with Gasteiger partial charge in [-0.2, -0.15) is 0 Å². The molecule has 5 heteroatoms. The van der Waals surface area contributed by atoms with Crippen LogP contribution in [0.3, 0.4) is 0 Å². The highest BCUT2D eigenvalue weighted by molar-refractivity contribution is 6.30. The lowest BCUT2D eigenvalue weighted by molar-refractivity contribution is -0.122. The van der Waals surface area contributed by atoms with E-state index in [1.807, 2.05) is 24.3 Å². The molecule has 2 aromatic rings. The zero-order chi connectivity index (χ0) is 16.4. The van der Waals surface area contributed by atoms with Crippen molar-refractivity contribution < 1.29 is 14.3 Å². The minimum Gasteiger partial charge on any atom is -0.387 e. The van der Waals surface area contributed by atoms with E-state index in [-0.39, 0.29) is 30.1 Å². The van der Waals surface area contributed by atoms with Gasteiger partial charge in [0, 0.05) is 17.5 Å². The molecule has 1 aliphatic carbocycles. The lowest BCUT2D eigenvalue weighted by Gasteiger charge is -2.12. The molecule has 3 rings (SSSR count). The van der Waals surface area contributed by atoms with Gasteiger partial charge in [0.15, 0.2) is 0 Å². The fourth-order valence-corrected chi connectivity index (χ4v) is 2.92. The number of rotatable bonds is 5. The first-order chi connectivity index (χ1) is 11.0. The Morgan fingerprint density at radius 2 is 2.04 bits per heavy atom. The van der Waals surface area contributed by atoms with E-state index < -0.39 is 6.10 Å². The Morgan fingerprint density at radius 1 is 1.30 bits per heavy atom. The SMILES string of the molecule is O=C(NCC(O)c1ccc(F)cc1)C1CC1c1cccc(Cl)c1. The highest BCUT2D eigenvalue weighted by Crippen LogP contribution is 2.47. The fraction of sp³-hybridized carbons (Fsp3) is 0.278. The van der Waals surface area contributed by atoms with Gasteiger partial charge in [-0.15, -0.1) is 0 Å². The van der Waals surface area contributed by atoms with Gasteiger partial charge in [-0.05, 0) is 47.7 Å². The molecule has 0 aliphatic heterocycles. The molecule has 1 fully saturated rings. The van der Waals surface area contributed by atoms with E-state index in [0.29, 0.717) is 10.6 Å². The number of carbonyl (C=O) groups is 1. The molecule has 3 atom stereocenters. The summed E-state index contributed by atoms with van der Waals surface area (Å²) in [6.07, 6.45) is -0.0540. The van der Waals surface area contributed by atoms with Crippen LogP contribution in [0, 0.1) is 11.7 Å². The maximum Gasteiger partial charge on any atom is 0.223 e. The van der Waals surface area contributed by atoms with Crippen LogP contribution in [-0.2, 0) is 4.79 Å². The van der Waals surface area contributed by atoms with Crippen LogP contribution in [0.2, 0.25) is 5.02 Å². The van der Waals surface area contributed by atoms with E-state index in [1.54, 1.807) is 0 Å². The smallest absolute Gasteiger partial charge is 0.223 e. The van der Waals surface area contributed by atoms with Crippen LogP contribution in [0.4, 0.5) is 4.39 Å². The van der Waals surface area contributed by atoms with Crippen LogP contribution in [0.1, 0.15) is 29.6 Å². The van der Waals surface area contributed by atoms with E-state index in [2.05, 4.69) is 5.32 Å². The van der Waals surface area contributed by atoms with E-state index in [9.17, 15) is 14.3 Å². The number of hydrogen-bond donors (Lipinski definition) is 2. The second-order valence-corrected chi connectivity index (χ2v) is 6.25. The van der Waals surface area contributed by atoms with Crippen molar-refractivity contribution >= 4 is 17.5 Å². The van der Waals surface area contributed by atoms with Crippen LogP contribution < -0.4 is 5.32 Å². The van der Waals surface area contributed by atoms with Crippen LogP contribution >= 0.6 is 11.6 Å². The molecule has 23 heavy (non-hydrogen) atoms. The Balaban J connectivity index is 1.52. The first-order valence-electron chi connectivity index (χ1n) is 7.51. The molecule has 3 nitrogen and oxygen atoms in total. The minimum absolute atomic E-state index is 0.0730. The largest absolute Gasteiger partial charge is 0.387 e. The number of halogens is 2. The number of benzene rings is 2. The average Bonchev–Trinajstić information content (AvgIpc) is 3.34. The molecule has 2 N–H and O–H groups in total. The zero-order valence-corrected chi connectivity index (χ0v) is 13.1. The lowest BCUT2D eigenvalue weighted by atomic mass is 10.1. The molecule has 0 saturated heterocycles. The van der Waals surface area contributed by atoms with Gasteiger partial charge in [-0.3, -0.25) is 4.79 Å². The highest BCUT2D eigenvalue weighted by Gasteiger charge is 2.43. The molecule has 0 radical (unpaired) electrons. The summed E-state index contributed by atoms with van der Waals surface area (Å²) >= 11 is 5.97. The summed E-state index contributed by atoms with van der Waals surface area (Å²) in [6.45, 7) is 0.114. The first kappa shape index (κ1) is 16.0. The second kappa shape index (κ2) is 6.69. The number of amides is 1. The Hall–Kier alpha value is -1.91. The quantitative estimate of drug-likeness (QED) is 0.880. The average molecular weight is 334 g/mol. The molecule has 1 saturated carbocycles. The molecular weight excluding hydrogens is 317 g/mol. The molecule has 1 aliphatic rings. The van der Waals surface area contributed by atoms with E-state index in [1.165, 1.54) is 24.3 Å². The normalized spacial score (nSPS) is 20.8. The van der Waals surface area contributed by atoms with E-state index in [4.69, 9.17) is 11.6 Å². The first-order valence-corrected chi connectivity index (χ1v) is 7.89. The molecule has 3 unspecified atom stereocenters. The van der Waals surface area contributed by atoms with Crippen molar-refractivity contribution in [1.29, 1.82) is 0 Å². The molecule has 0 aromatic heterocycles. The number of aliphatic hydroxyl groups excluding tert-OH is 1. The van der Waals surface area contributed by atoms with Gasteiger partial charge in [-0.1, -0.05) is 35.9 Å². The molecule has 120 valence electrons. The summed E-state index contributed by atoms with van der Waals surface area (Å²) in [6, 6.07) is 13.1. The number of nitrogens with one attached hydrogen (secondary N) is 1. The maximum absolute atomic E-state index is 12.9. The monoisotopic (exact) mass is 333 g/mol. The van der Waals surface area contributed by atoms with Gasteiger partial charge >= 0.3 is 0 Å². The maximum atomic E-state index is 12.9. The van der Waals surface area contributed by atoms with E-state index in [0.717, 1.165) is 12.0 Å². The third-order valence-corrected chi connectivity index (χ3v) is 4.36. The van der Waals surface area contributed by atoms with Crippen LogP contribution in [0.25, 0.3) is 0 Å². The Morgan fingerprint density at radius 3 is 2.74 bits per heavy atom. The molecule has 1 amide bonds. The predicted octanol–water partition coefficient (Wildman–Crippen LogP) is 3.43. The Bertz CT molecular complexity index is 704. The van der Waals surface area contributed by atoms with Crippen LogP contribution in [0.15, 0.2) is 48.5 Å². The lowest BCUT2D eigenvalue weighted by Crippen LogP contribution is -2.30. The standard InChI is InChI=1S/C18H17ClFNO2/c19-13-3-1-2-12(8-13)15-9-16(15)18(23)21-10-17(22)11-4-6-14(20)7-5-11/h1-8,15-17,22H,9-10H2,(H,21,23). The molecule has 0 heterocycles. The molecule has 2 aromatic carbocycles. The summed E-state index contributed by atoms with van der Waals surface area (Å²) in [5.74, 6) is -0.311. The van der Waals surface area contributed by atoms with Gasteiger partial charge in [0.2, 0.25) is 5.91 Å². The van der Waals surface area contributed by atoms with Crippen LogP contribution in [0.5, 0.6) is 0 Å². The molecule has 0 spiro atoms. The number of hydrogen-bond acceptors (Lipinski definition) is 2. The van der Waals surface area contributed by atoms with Crippen LogP contribution in [-0.4, -0.2) is 17.6 Å². The zero-order valence-electron chi connectivity index (χ0n) is 12.4. The van der Waals surface area contributed by atoms with Gasteiger partial charge in [0.05, 0.1) is 6.10 Å². The second-order valence-electron chi connectivity index (χ2n) is 5.82.